The average Bonchev–Trinajstić information content (AvgIpc) is 2.77. The molecular weight excluding hydrogens is 440 g/mol. The molecule has 0 unspecified atom stereocenters. The van der Waals surface area contributed by atoms with Crippen LogP contribution in [0.15, 0.2) is 47.3 Å². The van der Waals surface area contributed by atoms with Crippen LogP contribution in [0.4, 0.5) is 5.69 Å². The van der Waals surface area contributed by atoms with Crippen LogP contribution >= 0.6 is 23.8 Å². The van der Waals surface area contributed by atoms with Crippen LogP contribution in [-0.2, 0) is 6.54 Å². The van der Waals surface area contributed by atoms with E-state index in [0.29, 0.717) is 28.8 Å². The lowest BCUT2D eigenvalue weighted by Gasteiger charge is -2.29. The standard InChI is InChI=1S/C25H31ClN4OS/c1-5-29(6-2)12-13-30(25(32)27-21-9-7-8-20(26)15-21)16-19-14-22-17(3)10-11-18(4)23(22)28-24(19)31/h7-11,14-15H,5-6,12-13,16H2,1-4H3,(H,27,32)(H,28,31). The minimum absolute atomic E-state index is 0.0791. The highest BCUT2D eigenvalue weighted by Gasteiger charge is 2.16. The molecule has 0 saturated carbocycles. The van der Waals surface area contributed by atoms with E-state index in [9.17, 15) is 4.79 Å². The van der Waals surface area contributed by atoms with Gasteiger partial charge >= 0.3 is 0 Å². The first kappa shape index (κ1) is 24.2. The van der Waals surface area contributed by atoms with Gasteiger partial charge in [0.25, 0.3) is 5.56 Å². The highest BCUT2D eigenvalue weighted by atomic mass is 35.5. The van der Waals surface area contributed by atoms with Crippen molar-refractivity contribution < 1.29 is 0 Å². The van der Waals surface area contributed by atoms with E-state index >= 15 is 0 Å². The number of halogens is 1. The topological polar surface area (TPSA) is 51.4 Å². The van der Waals surface area contributed by atoms with Crippen molar-refractivity contribution in [1.82, 2.24) is 14.8 Å². The van der Waals surface area contributed by atoms with Crippen molar-refractivity contribution in [2.75, 3.05) is 31.5 Å². The van der Waals surface area contributed by atoms with Gasteiger partial charge in [-0.15, -0.1) is 0 Å². The minimum Gasteiger partial charge on any atom is -0.343 e. The zero-order valence-electron chi connectivity index (χ0n) is 19.2. The number of aromatic nitrogens is 1. The molecule has 0 amide bonds. The fourth-order valence-corrected chi connectivity index (χ4v) is 4.23. The van der Waals surface area contributed by atoms with Crippen molar-refractivity contribution in [2.24, 2.45) is 0 Å². The molecule has 2 aromatic carbocycles. The maximum Gasteiger partial charge on any atom is 0.253 e. The van der Waals surface area contributed by atoms with Crippen LogP contribution in [0.2, 0.25) is 5.02 Å². The Morgan fingerprint density at radius 3 is 2.47 bits per heavy atom. The van der Waals surface area contributed by atoms with Crippen molar-refractivity contribution in [3.63, 3.8) is 0 Å². The lowest BCUT2D eigenvalue weighted by atomic mass is 10.0. The zero-order valence-corrected chi connectivity index (χ0v) is 20.7. The summed E-state index contributed by atoms with van der Waals surface area (Å²) in [6, 6.07) is 13.6. The second kappa shape index (κ2) is 10.9. The van der Waals surface area contributed by atoms with Crippen LogP contribution in [0.3, 0.4) is 0 Å². The van der Waals surface area contributed by atoms with Gasteiger partial charge in [0.1, 0.15) is 0 Å². The second-order valence-electron chi connectivity index (χ2n) is 8.00. The molecule has 0 spiro atoms. The molecule has 1 heterocycles. The number of H-pyrrole nitrogens is 1. The van der Waals surface area contributed by atoms with Gasteiger partial charge in [-0.3, -0.25) is 4.79 Å². The minimum atomic E-state index is -0.0791. The number of hydrogen-bond donors (Lipinski definition) is 2. The molecule has 0 bridgehead atoms. The summed E-state index contributed by atoms with van der Waals surface area (Å²) in [5.41, 5.74) is 4.54. The molecule has 170 valence electrons. The fraction of sp³-hybridized carbons (Fsp3) is 0.360. The smallest absolute Gasteiger partial charge is 0.253 e. The van der Waals surface area contributed by atoms with Crippen molar-refractivity contribution in [3.05, 3.63) is 74.5 Å². The Morgan fingerprint density at radius 1 is 1.06 bits per heavy atom. The molecule has 0 atom stereocenters. The van der Waals surface area contributed by atoms with Gasteiger partial charge < -0.3 is 20.1 Å². The van der Waals surface area contributed by atoms with E-state index < -0.39 is 0 Å². The Balaban J connectivity index is 1.90. The maximum absolute atomic E-state index is 12.9. The molecule has 3 aromatic rings. The first-order valence-electron chi connectivity index (χ1n) is 11.0. The summed E-state index contributed by atoms with van der Waals surface area (Å²) in [5.74, 6) is 0. The van der Waals surface area contributed by atoms with Crippen molar-refractivity contribution >= 4 is 45.5 Å². The summed E-state index contributed by atoms with van der Waals surface area (Å²) in [6.07, 6.45) is 0. The summed E-state index contributed by atoms with van der Waals surface area (Å²) in [7, 11) is 0. The van der Waals surface area contributed by atoms with Crippen LogP contribution in [0, 0.1) is 13.8 Å². The molecular formula is C25H31ClN4OS. The number of thiocarbonyl (C=S) groups is 1. The quantitative estimate of drug-likeness (QED) is 0.435. The van der Waals surface area contributed by atoms with Crippen LogP contribution < -0.4 is 10.9 Å². The Labute approximate surface area is 200 Å². The molecule has 0 radical (unpaired) electrons. The van der Waals surface area contributed by atoms with Gasteiger partial charge in [0, 0.05) is 34.7 Å². The normalized spacial score (nSPS) is 11.2. The Hall–Kier alpha value is -2.41. The molecule has 1 aromatic heterocycles. The highest BCUT2D eigenvalue weighted by Crippen LogP contribution is 2.21. The molecule has 3 rings (SSSR count). The number of anilines is 1. The van der Waals surface area contributed by atoms with Gasteiger partial charge in [-0.05, 0) is 74.5 Å². The molecule has 0 aliphatic heterocycles. The van der Waals surface area contributed by atoms with E-state index in [1.165, 1.54) is 0 Å². The van der Waals surface area contributed by atoms with E-state index in [2.05, 4.69) is 46.9 Å². The summed E-state index contributed by atoms with van der Waals surface area (Å²) in [4.78, 5) is 20.4. The molecule has 0 aliphatic carbocycles. The van der Waals surface area contributed by atoms with Gasteiger partial charge in [0.15, 0.2) is 5.11 Å². The number of aryl methyl sites for hydroxylation is 2. The number of fused-ring (bicyclic) bond motifs is 1. The number of likely N-dealkylation sites (N-methyl/N-ethyl adjacent to an activating group) is 1. The van der Waals surface area contributed by atoms with Gasteiger partial charge in [0.05, 0.1) is 12.1 Å². The summed E-state index contributed by atoms with van der Waals surface area (Å²) in [6.45, 7) is 12.3. The van der Waals surface area contributed by atoms with Gasteiger partial charge in [-0.2, -0.15) is 0 Å². The van der Waals surface area contributed by atoms with E-state index in [0.717, 1.165) is 47.4 Å². The molecule has 0 fully saturated rings. The SMILES string of the molecule is CCN(CC)CCN(Cc1cc2c(C)ccc(C)c2[nH]c1=O)C(=S)Nc1cccc(Cl)c1. The second-order valence-corrected chi connectivity index (χ2v) is 8.82. The molecule has 0 saturated heterocycles. The van der Waals surface area contributed by atoms with Crippen molar-refractivity contribution in [1.29, 1.82) is 0 Å². The molecule has 7 heteroatoms. The van der Waals surface area contributed by atoms with E-state index in [4.69, 9.17) is 23.8 Å². The Bertz CT molecular complexity index is 1160. The molecule has 2 N–H and O–H groups in total. The van der Waals surface area contributed by atoms with Gasteiger partial charge in [-0.25, -0.2) is 0 Å². The number of nitrogens with zero attached hydrogens (tertiary/aromatic N) is 2. The summed E-state index contributed by atoms with van der Waals surface area (Å²) < 4.78 is 0. The Kier molecular flexibility index (Phi) is 8.29. The highest BCUT2D eigenvalue weighted by molar-refractivity contribution is 7.80. The van der Waals surface area contributed by atoms with Gasteiger partial charge in [-0.1, -0.05) is 43.6 Å². The average molecular weight is 471 g/mol. The zero-order chi connectivity index (χ0) is 23.3. The lowest BCUT2D eigenvalue weighted by molar-refractivity contribution is 0.266. The van der Waals surface area contributed by atoms with Crippen molar-refractivity contribution in [2.45, 2.75) is 34.2 Å². The van der Waals surface area contributed by atoms with E-state index in [-0.39, 0.29) is 5.56 Å². The van der Waals surface area contributed by atoms with Crippen LogP contribution in [0.1, 0.15) is 30.5 Å². The predicted molar refractivity (Wildman–Crippen MR) is 140 cm³/mol. The predicted octanol–water partition coefficient (Wildman–Crippen LogP) is 5.34. The van der Waals surface area contributed by atoms with Crippen molar-refractivity contribution in [3.8, 4) is 0 Å². The summed E-state index contributed by atoms with van der Waals surface area (Å²) in [5, 5.41) is 5.56. The maximum atomic E-state index is 12.9. The van der Waals surface area contributed by atoms with Gasteiger partial charge in [0.2, 0.25) is 0 Å². The van der Waals surface area contributed by atoms with Crippen LogP contribution in [-0.4, -0.2) is 46.1 Å². The molecule has 32 heavy (non-hydrogen) atoms. The first-order chi connectivity index (χ1) is 15.3. The third-order valence-electron chi connectivity index (χ3n) is 5.83. The fourth-order valence-electron chi connectivity index (χ4n) is 3.76. The number of rotatable bonds is 8. The first-order valence-corrected chi connectivity index (χ1v) is 11.8. The molecule has 5 nitrogen and oxygen atoms in total. The number of benzene rings is 2. The lowest BCUT2D eigenvalue weighted by Crippen LogP contribution is -2.41. The number of aromatic amines is 1. The van der Waals surface area contributed by atoms with Crippen LogP contribution in [0.25, 0.3) is 10.9 Å². The number of hydrogen-bond acceptors (Lipinski definition) is 3. The summed E-state index contributed by atoms with van der Waals surface area (Å²) >= 11 is 11.9. The number of pyridine rings is 1. The monoisotopic (exact) mass is 470 g/mol. The molecule has 0 aliphatic rings. The Morgan fingerprint density at radius 2 is 1.78 bits per heavy atom. The van der Waals surface area contributed by atoms with Crippen LogP contribution in [0.5, 0.6) is 0 Å². The number of nitrogens with one attached hydrogen (secondary N) is 2. The van der Waals surface area contributed by atoms with E-state index in [1.54, 1.807) is 0 Å². The largest absolute Gasteiger partial charge is 0.343 e. The van der Waals surface area contributed by atoms with E-state index in [1.807, 2.05) is 43.3 Å². The third-order valence-corrected chi connectivity index (χ3v) is 6.42. The third kappa shape index (κ3) is 5.88.